The number of alkyl halides is 3. The van der Waals surface area contributed by atoms with Crippen molar-refractivity contribution in [1.29, 1.82) is 5.26 Å². The highest BCUT2D eigenvalue weighted by molar-refractivity contribution is 5.74. The van der Waals surface area contributed by atoms with E-state index >= 15 is 0 Å². The summed E-state index contributed by atoms with van der Waals surface area (Å²) in [5, 5.41) is 23.9. The maximum Gasteiger partial charge on any atom is 0.415 e. The molecule has 186 valence electrons. The zero-order chi connectivity index (χ0) is 26.7. The lowest BCUT2D eigenvalue weighted by Gasteiger charge is -2.15. The number of carbonyl (C=O) groups excluding carboxylic acids is 1. The van der Waals surface area contributed by atoms with Crippen LogP contribution in [0.2, 0.25) is 0 Å². The Bertz CT molecular complexity index is 1270. The van der Waals surface area contributed by atoms with Gasteiger partial charge in [-0.25, -0.2) is 4.39 Å². The summed E-state index contributed by atoms with van der Waals surface area (Å²) in [6, 6.07) is 21.6. The number of nitriles is 1. The third kappa shape index (κ3) is 8.11. The number of nitrogens with zero attached hydrogens (tertiary/aromatic N) is 1. The van der Waals surface area contributed by atoms with E-state index in [-0.39, 0.29) is 5.69 Å². The third-order valence-corrected chi connectivity index (χ3v) is 4.75. The van der Waals surface area contributed by atoms with Gasteiger partial charge in [-0.3, -0.25) is 4.79 Å². The highest BCUT2D eigenvalue weighted by atomic mass is 19.4. The standard InChI is InChI=1S/C14H12FNO2.C13H11F3N2/c15-12-8-4-7-11(13(12)16-9-17)14(18)10-5-2-1-3-6-10;1-9(13(14,15)16)6-10(2)18-12-5-3-4-11(7-12)8-17/h1-9,14,18H,(H,16,17);3-7,18H,1H2,2H3/b;10-6-. The maximum atomic E-state index is 13.6. The lowest BCUT2D eigenvalue weighted by molar-refractivity contribution is -0.105. The van der Waals surface area contributed by atoms with Crippen molar-refractivity contribution >= 4 is 17.8 Å². The first-order valence-corrected chi connectivity index (χ1v) is 10.5. The van der Waals surface area contributed by atoms with Gasteiger partial charge >= 0.3 is 6.18 Å². The van der Waals surface area contributed by atoms with E-state index < -0.39 is 23.7 Å². The summed E-state index contributed by atoms with van der Waals surface area (Å²) in [6.45, 7) is 4.44. The molecule has 0 aliphatic carbocycles. The molecular weight excluding hydrogens is 474 g/mol. The first kappa shape index (κ1) is 27.8. The van der Waals surface area contributed by atoms with E-state index in [2.05, 4.69) is 17.2 Å². The molecule has 36 heavy (non-hydrogen) atoms. The van der Waals surface area contributed by atoms with Crippen molar-refractivity contribution in [2.75, 3.05) is 10.6 Å². The number of amides is 1. The first-order valence-electron chi connectivity index (χ1n) is 10.5. The van der Waals surface area contributed by atoms with Gasteiger partial charge in [0.15, 0.2) is 0 Å². The van der Waals surface area contributed by atoms with Gasteiger partial charge in [0.2, 0.25) is 6.41 Å². The Hall–Kier alpha value is -4.42. The molecule has 5 nitrogen and oxygen atoms in total. The third-order valence-electron chi connectivity index (χ3n) is 4.75. The Labute approximate surface area is 206 Å². The topological polar surface area (TPSA) is 85.2 Å². The monoisotopic (exact) mass is 497 g/mol. The van der Waals surface area contributed by atoms with Gasteiger partial charge in [-0.1, -0.05) is 55.1 Å². The predicted molar refractivity (Wildman–Crippen MR) is 130 cm³/mol. The van der Waals surface area contributed by atoms with E-state index in [9.17, 15) is 27.5 Å². The van der Waals surface area contributed by atoms with Crippen LogP contribution in [0.3, 0.4) is 0 Å². The highest BCUT2D eigenvalue weighted by Crippen LogP contribution is 2.30. The minimum atomic E-state index is -4.43. The summed E-state index contributed by atoms with van der Waals surface area (Å²) in [4.78, 5) is 10.5. The molecule has 0 radical (unpaired) electrons. The summed E-state index contributed by atoms with van der Waals surface area (Å²) in [5.74, 6) is -0.574. The van der Waals surface area contributed by atoms with Crippen LogP contribution in [0.5, 0.6) is 0 Å². The quantitative estimate of drug-likeness (QED) is 0.198. The van der Waals surface area contributed by atoms with Crippen LogP contribution in [0.15, 0.2) is 96.7 Å². The Balaban J connectivity index is 0.000000254. The summed E-state index contributed by atoms with van der Waals surface area (Å²) in [5.41, 5.74) is 1.32. The van der Waals surface area contributed by atoms with E-state index in [0.717, 1.165) is 6.08 Å². The van der Waals surface area contributed by atoms with Gasteiger partial charge in [0.1, 0.15) is 11.9 Å². The molecular formula is C27H23F4N3O2. The number of nitrogens with one attached hydrogen (secondary N) is 2. The molecule has 0 aliphatic heterocycles. The Morgan fingerprint density at radius 1 is 1.08 bits per heavy atom. The summed E-state index contributed by atoms with van der Waals surface area (Å²) >= 11 is 0. The predicted octanol–water partition coefficient (Wildman–Crippen LogP) is 6.47. The van der Waals surface area contributed by atoms with Gasteiger partial charge in [0, 0.05) is 16.9 Å². The molecule has 3 aromatic rings. The van der Waals surface area contributed by atoms with Crippen molar-refractivity contribution in [1.82, 2.24) is 0 Å². The molecule has 0 saturated heterocycles. The molecule has 0 fully saturated rings. The molecule has 0 bridgehead atoms. The lowest BCUT2D eigenvalue weighted by atomic mass is 10.00. The van der Waals surface area contributed by atoms with Crippen molar-refractivity contribution in [2.24, 2.45) is 0 Å². The number of carbonyl (C=O) groups is 1. The van der Waals surface area contributed by atoms with Crippen molar-refractivity contribution in [3.8, 4) is 6.07 Å². The van der Waals surface area contributed by atoms with Crippen LogP contribution in [0, 0.1) is 17.1 Å². The van der Waals surface area contributed by atoms with Crippen molar-refractivity contribution in [2.45, 2.75) is 19.2 Å². The van der Waals surface area contributed by atoms with Crippen LogP contribution in [-0.2, 0) is 4.79 Å². The molecule has 3 rings (SSSR count). The van der Waals surface area contributed by atoms with Crippen LogP contribution < -0.4 is 10.6 Å². The van der Waals surface area contributed by atoms with Crippen molar-refractivity contribution in [3.05, 3.63) is 119 Å². The summed E-state index contributed by atoms with van der Waals surface area (Å²) in [6.07, 6.45) is -4.11. The molecule has 0 aromatic heterocycles. The average molecular weight is 497 g/mol. The number of halogens is 4. The molecule has 1 atom stereocenters. The van der Waals surface area contributed by atoms with E-state index in [4.69, 9.17) is 5.26 Å². The fourth-order valence-corrected chi connectivity index (χ4v) is 3.07. The SMILES string of the molecule is C=C(/C=C(/C)Nc1cccc(C#N)c1)C(F)(F)F.O=CNc1c(F)cccc1C(O)c1ccccc1. The van der Waals surface area contributed by atoms with Crippen LogP contribution in [-0.4, -0.2) is 17.7 Å². The number of aliphatic hydroxyl groups excluding tert-OH is 1. The molecule has 3 N–H and O–H groups in total. The second kappa shape index (κ2) is 12.9. The average Bonchev–Trinajstić information content (AvgIpc) is 2.85. The Morgan fingerprint density at radius 3 is 2.36 bits per heavy atom. The van der Waals surface area contributed by atoms with E-state index in [1.54, 1.807) is 54.6 Å². The molecule has 0 saturated carbocycles. The van der Waals surface area contributed by atoms with Crippen molar-refractivity contribution < 1.29 is 27.5 Å². The van der Waals surface area contributed by atoms with E-state index in [1.165, 1.54) is 19.1 Å². The van der Waals surface area contributed by atoms with Gasteiger partial charge in [0.05, 0.1) is 22.9 Å². The van der Waals surface area contributed by atoms with Gasteiger partial charge in [-0.05, 0) is 42.8 Å². The zero-order valence-corrected chi connectivity index (χ0v) is 19.2. The number of hydrogen-bond donors (Lipinski definition) is 3. The summed E-state index contributed by atoms with van der Waals surface area (Å²) in [7, 11) is 0. The van der Waals surface area contributed by atoms with Gasteiger partial charge in [-0.15, -0.1) is 0 Å². The first-order chi connectivity index (χ1) is 17.1. The normalized spacial score (nSPS) is 11.9. The molecule has 0 spiro atoms. The Kier molecular flexibility index (Phi) is 9.95. The lowest BCUT2D eigenvalue weighted by Crippen LogP contribution is -2.10. The molecule has 1 unspecified atom stereocenters. The van der Waals surface area contributed by atoms with Gasteiger partial charge < -0.3 is 15.7 Å². The number of rotatable bonds is 7. The fraction of sp³-hybridized carbons (Fsp3) is 0.111. The fourth-order valence-electron chi connectivity index (χ4n) is 3.07. The van der Waals surface area contributed by atoms with E-state index in [1.807, 2.05) is 12.1 Å². The zero-order valence-electron chi connectivity index (χ0n) is 19.2. The molecule has 0 aliphatic rings. The number of aliphatic hydroxyl groups is 1. The second-order valence-electron chi connectivity index (χ2n) is 7.45. The number of hydrogen-bond acceptors (Lipinski definition) is 4. The number of allylic oxidation sites excluding steroid dienone is 3. The number of anilines is 2. The Morgan fingerprint density at radius 2 is 1.75 bits per heavy atom. The second-order valence-corrected chi connectivity index (χ2v) is 7.45. The molecule has 3 aromatic carbocycles. The van der Waals surface area contributed by atoms with Crippen LogP contribution in [0.4, 0.5) is 28.9 Å². The van der Waals surface area contributed by atoms with Crippen molar-refractivity contribution in [3.63, 3.8) is 0 Å². The molecule has 0 heterocycles. The number of para-hydroxylation sites is 1. The summed E-state index contributed by atoms with van der Waals surface area (Å²) < 4.78 is 50.3. The van der Waals surface area contributed by atoms with Gasteiger partial charge in [0.25, 0.3) is 0 Å². The minimum Gasteiger partial charge on any atom is -0.384 e. The van der Waals surface area contributed by atoms with Crippen LogP contribution in [0.1, 0.15) is 29.7 Å². The maximum absolute atomic E-state index is 13.6. The smallest absolute Gasteiger partial charge is 0.384 e. The van der Waals surface area contributed by atoms with Crippen LogP contribution in [0.25, 0.3) is 0 Å². The highest BCUT2D eigenvalue weighted by Gasteiger charge is 2.30. The van der Waals surface area contributed by atoms with Crippen LogP contribution >= 0.6 is 0 Å². The molecule has 1 amide bonds. The number of benzene rings is 3. The minimum absolute atomic E-state index is 0.00357. The van der Waals surface area contributed by atoms with E-state index in [0.29, 0.717) is 34.5 Å². The van der Waals surface area contributed by atoms with Gasteiger partial charge in [-0.2, -0.15) is 18.4 Å². The largest absolute Gasteiger partial charge is 0.415 e. The molecule has 9 heteroatoms.